The van der Waals surface area contributed by atoms with Crippen LogP contribution < -0.4 is 20.1 Å². The number of halogens is 1. The highest BCUT2D eigenvalue weighted by Gasteiger charge is 2.34. The van der Waals surface area contributed by atoms with Crippen LogP contribution in [0.5, 0.6) is 11.5 Å². The predicted molar refractivity (Wildman–Crippen MR) is 110 cm³/mol. The highest BCUT2D eigenvalue weighted by atomic mass is 35.5. The Bertz CT molecular complexity index is 599. The number of ether oxygens (including phenoxy) is 2. The number of fused-ring (bicyclic) bond motifs is 2. The lowest BCUT2D eigenvalue weighted by molar-refractivity contribution is -0.122. The van der Waals surface area contributed by atoms with Crippen LogP contribution in [0.1, 0.15) is 57.4 Å². The summed E-state index contributed by atoms with van der Waals surface area (Å²) in [6.45, 7) is 3.37. The van der Waals surface area contributed by atoms with Gasteiger partial charge in [0.1, 0.15) is 0 Å². The van der Waals surface area contributed by atoms with E-state index < -0.39 is 0 Å². The molecular weight excluding hydrogens is 364 g/mol. The molecule has 1 aromatic rings. The largest absolute Gasteiger partial charge is 0.493 e. The molecule has 2 atom stereocenters. The molecule has 2 bridgehead atoms. The number of carbonyl (C=O) groups excluding carboxylic acids is 1. The van der Waals surface area contributed by atoms with Gasteiger partial charge < -0.3 is 20.1 Å². The Labute approximate surface area is 169 Å². The number of piperidine rings is 1. The van der Waals surface area contributed by atoms with Gasteiger partial charge in [0.05, 0.1) is 13.7 Å². The van der Waals surface area contributed by atoms with E-state index in [0.717, 1.165) is 42.7 Å². The number of hydrogen-bond acceptors (Lipinski definition) is 4. The molecule has 5 nitrogen and oxygen atoms in total. The Morgan fingerprint density at radius 2 is 1.96 bits per heavy atom. The number of unbranched alkanes of at least 4 members (excludes halogenated alkanes) is 1. The van der Waals surface area contributed by atoms with Crippen molar-refractivity contribution in [3.05, 3.63) is 23.8 Å². The minimum absolute atomic E-state index is 0. The lowest BCUT2D eigenvalue weighted by atomic mass is 9.89. The van der Waals surface area contributed by atoms with Crippen molar-refractivity contribution < 1.29 is 14.3 Å². The molecule has 0 spiro atoms. The van der Waals surface area contributed by atoms with Gasteiger partial charge in [0, 0.05) is 25.0 Å². The monoisotopic (exact) mass is 396 g/mol. The van der Waals surface area contributed by atoms with E-state index in [1.54, 1.807) is 7.11 Å². The molecule has 0 aliphatic carbocycles. The Morgan fingerprint density at radius 3 is 2.63 bits per heavy atom. The van der Waals surface area contributed by atoms with Crippen molar-refractivity contribution in [3.63, 3.8) is 0 Å². The first-order valence-electron chi connectivity index (χ1n) is 10.0. The first-order chi connectivity index (χ1) is 12.7. The third-order valence-corrected chi connectivity index (χ3v) is 5.52. The van der Waals surface area contributed by atoms with E-state index in [1.807, 2.05) is 18.2 Å². The van der Waals surface area contributed by atoms with Crippen LogP contribution in [0, 0.1) is 5.92 Å². The summed E-state index contributed by atoms with van der Waals surface area (Å²) >= 11 is 0. The van der Waals surface area contributed by atoms with Crippen molar-refractivity contribution in [2.75, 3.05) is 13.7 Å². The molecule has 0 radical (unpaired) electrons. The summed E-state index contributed by atoms with van der Waals surface area (Å²) in [6, 6.07) is 7.15. The molecule has 152 valence electrons. The quantitative estimate of drug-likeness (QED) is 0.623. The zero-order valence-electron chi connectivity index (χ0n) is 16.5. The zero-order chi connectivity index (χ0) is 18.4. The summed E-state index contributed by atoms with van der Waals surface area (Å²) in [5.74, 6) is 2.17. The highest BCUT2D eigenvalue weighted by molar-refractivity contribution is 5.85. The minimum Gasteiger partial charge on any atom is -0.493 e. The number of rotatable bonds is 9. The Hall–Kier alpha value is -1.46. The van der Waals surface area contributed by atoms with Crippen LogP contribution in [0.25, 0.3) is 0 Å². The molecule has 27 heavy (non-hydrogen) atoms. The van der Waals surface area contributed by atoms with Crippen molar-refractivity contribution in [2.24, 2.45) is 5.92 Å². The number of amides is 1. The van der Waals surface area contributed by atoms with Gasteiger partial charge >= 0.3 is 0 Å². The molecule has 6 heteroatoms. The van der Waals surface area contributed by atoms with Crippen LogP contribution in [0.15, 0.2) is 18.2 Å². The normalized spacial score (nSPS) is 23.4. The van der Waals surface area contributed by atoms with Crippen molar-refractivity contribution in [3.8, 4) is 11.5 Å². The van der Waals surface area contributed by atoms with Gasteiger partial charge in [0.15, 0.2) is 11.5 Å². The number of methoxy groups -OCH3 is 1. The van der Waals surface area contributed by atoms with Gasteiger partial charge in [-0.15, -0.1) is 12.4 Å². The van der Waals surface area contributed by atoms with E-state index in [2.05, 4.69) is 17.6 Å². The molecule has 2 aliphatic rings. The molecule has 2 N–H and O–H groups in total. The number of nitrogens with one attached hydrogen (secondary N) is 2. The van der Waals surface area contributed by atoms with Crippen molar-refractivity contribution in [2.45, 2.75) is 70.5 Å². The van der Waals surface area contributed by atoms with E-state index in [1.165, 1.54) is 12.8 Å². The fourth-order valence-electron chi connectivity index (χ4n) is 4.14. The van der Waals surface area contributed by atoms with E-state index >= 15 is 0 Å². The molecule has 2 unspecified atom stereocenters. The van der Waals surface area contributed by atoms with Crippen LogP contribution in [0.3, 0.4) is 0 Å². The van der Waals surface area contributed by atoms with Gasteiger partial charge in [0.2, 0.25) is 5.91 Å². The topological polar surface area (TPSA) is 59.6 Å². The Balaban J connectivity index is 0.00000261. The Morgan fingerprint density at radius 1 is 1.22 bits per heavy atom. The molecule has 2 fully saturated rings. The van der Waals surface area contributed by atoms with Gasteiger partial charge in [-0.2, -0.15) is 0 Å². The molecule has 3 rings (SSSR count). The fourth-order valence-corrected chi connectivity index (χ4v) is 4.14. The van der Waals surface area contributed by atoms with Crippen LogP contribution in [0.2, 0.25) is 0 Å². The van der Waals surface area contributed by atoms with Crippen molar-refractivity contribution >= 4 is 18.3 Å². The van der Waals surface area contributed by atoms with Crippen LogP contribution in [0.4, 0.5) is 0 Å². The third-order valence-electron chi connectivity index (χ3n) is 5.52. The van der Waals surface area contributed by atoms with Crippen LogP contribution in [-0.4, -0.2) is 31.7 Å². The van der Waals surface area contributed by atoms with Gasteiger partial charge in [-0.1, -0.05) is 19.4 Å². The second-order valence-corrected chi connectivity index (χ2v) is 7.64. The van der Waals surface area contributed by atoms with Gasteiger partial charge in [-0.3, -0.25) is 4.79 Å². The first kappa shape index (κ1) is 21.8. The van der Waals surface area contributed by atoms with E-state index in [9.17, 15) is 4.79 Å². The summed E-state index contributed by atoms with van der Waals surface area (Å²) in [5, 5.41) is 6.69. The number of hydrogen-bond donors (Lipinski definition) is 2. The number of carbonyl (C=O) groups is 1. The minimum atomic E-state index is 0. The molecule has 1 amide bonds. The van der Waals surface area contributed by atoms with Crippen molar-refractivity contribution in [1.82, 2.24) is 10.6 Å². The Kier molecular flexibility index (Phi) is 8.71. The molecule has 2 aliphatic heterocycles. The predicted octanol–water partition coefficient (Wildman–Crippen LogP) is 3.83. The maximum absolute atomic E-state index is 12.3. The third kappa shape index (κ3) is 6.28. The standard InChI is InChI=1S/C21H32N2O3.ClH/c1-3-4-9-26-19-8-5-15(12-20(19)25-2)14-22-21(24)13-16-10-17-6-7-18(11-16)23-17;/h5,8,12,16-18,23H,3-4,6-7,9-11,13-14H2,1-2H3,(H,22,24);1H. The van der Waals surface area contributed by atoms with E-state index in [4.69, 9.17) is 9.47 Å². The van der Waals surface area contributed by atoms with Gasteiger partial charge in [-0.25, -0.2) is 0 Å². The molecular formula is C21H33ClN2O3. The summed E-state index contributed by atoms with van der Waals surface area (Å²) in [6.07, 6.45) is 7.60. The molecule has 0 saturated carbocycles. The van der Waals surface area contributed by atoms with Gasteiger partial charge in [-0.05, 0) is 55.7 Å². The van der Waals surface area contributed by atoms with Crippen molar-refractivity contribution in [1.29, 1.82) is 0 Å². The first-order valence-corrected chi connectivity index (χ1v) is 10.0. The van der Waals surface area contributed by atoms with Crippen LogP contribution >= 0.6 is 12.4 Å². The second-order valence-electron chi connectivity index (χ2n) is 7.64. The fraction of sp³-hybridized carbons (Fsp3) is 0.667. The summed E-state index contributed by atoms with van der Waals surface area (Å²) < 4.78 is 11.2. The average molecular weight is 397 g/mol. The SMILES string of the molecule is CCCCOc1ccc(CNC(=O)CC2CC3CCC(C2)N3)cc1OC.Cl. The molecule has 1 aromatic carbocycles. The second kappa shape index (κ2) is 10.8. The van der Waals surface area contributed by atoms with E-state index in [-0.39, 0.29) is 18.3 Å². The summed E-state index contributed by atoms with van der Waals surface area (Å²) in [5.41, 5.74) is 1.03. The molecule has 2 heterocycles. The summed E-state index contributed by atoms with van der Waals surface area (Å²) in [7, 11) is 1.65. The number of benzene rings is 1. The lowest BCUT2D eigenvalue weighted by Crippen LogP contribution is -2.39. The maximum atomic E-state index is 12.3. The van der Waals surface area contributed by atoms with Gasteiger partial charge in [0.25, 0.3) is 0 Å². The molecule has 0 aromatic heterocycles. The van der Waals surface area contributed by atoms with Crippen LogP contribution in [-0.2, 0) is 11.3 Å². The zero-order valence-corrected chi connectivity index (χ0v) is 17.3. The smallest absolute Gasteiger partial charge is 0.220 e. The maximum Gasteiger partial charge on any atom is 0.220 e. The highest BCUT2D eigenvalue weighted by Crippen LogP contribution is 2.32. The molecule has 2 saturated heterocycles. The lowest BCUT2D eigenvalue weighted by Gasteiger charge is -2.28. The van der Waals surface area contributed by atoms with E-state index in [0.29, 0.717) is 37.6 Å². The summed E-state index contributed by atoms with van der Waals surface area (Å²) in [4.78, 5) is 12.3. The average Bonchev–Trinajstić information content (AvgIpc) is 2.99.